The van der Waals surface area contributed by atoms with E-state index in [4.69, 9.17) is 37.0 Å². The Balaban J connectivity index is 5.54. The zero-order chi connectivity index (χ0) is 78.9. The second-order valence-corrected chi connectivity index (χ2v) is 28.8. The van der Waals surface area contributed by atoms with Gasteiger partial charge in [0.25, 0.3) is 0 Å². The lowest BCUT2D eigenvalue weighted by Crippen LogP contribution is -2.30. The fourth-order valence-electron chi connectivity index (χ4n) is 9.70. The summed E-state index contributed by atoms with van der Waals surface area (Å²) in [7, 11) is -10.0. The van der Waals surface area contributed by atoms with Gasteiger partial charge in [0.1, 0.15) is 19.3 Å². The summed E-state index contributed by atoms with van der Waals surface area (Å²) in [6.07, 6.45) is 98.2. The number of allylic oxidation sites excluding steroid dienone is 34. The number of phosphoric ester groups is 2. The maximum absolute atomic E-state index is 13.1. The second-order valence-electron chi connectivity index (χ2n) is 25.9. The maximum Gasteiger partial charge on any atom is 0.472 e. The quantitative estimate of drug-likeness (QED) is 0.0169. The van der Waals surface area contributed by atoms with Gasteiger partial charge < -0.3 is 33.8 Å². The van der Waals surface area contributed by atoms with Crippen molar-refractivity contribution in [1.29, 1.82) is 0 Å². The van der Waals surface area contributed by atoms with Crippen LogP contribution in [0.1, 0.15) is 272 Å². The van der Waals surface area contributed by atoms with Crippen LogP contribution in [0, 0.1) is 0 Å². The molecule has 0 radical (unpaired) electrons. The first-order valence-corrected chi connectivity index (χ1v) is 43.3. The number of aliphatic hydroxyl groups is 1. The van der Waals surface area contributed by atoms with Crippen molar-refractivity contribution in [1.82, 2.24) is 0 Å². The Kier molecular flexibility index (Phi) is 74.1. The second kappa shape index (κ2) is 78.8. The number of carbonyl (C=O) groups excluding carboxylic acids is 4. The summed E-state index contributed by atoms with van der Waals surface area (Å²) in [6, 6.07) is 0. The molecule has 0 aliphatic carbocycles. The molecule has 0 aromatic carbocycles. The number of ether oxygens (including phenoxy) is 4. The Morgan fingerprint density at radius 2 is 0.491 bits per heavy atom. The molecule has 0 heterocycles. The summed E-state index contributed by atoms with van der Waals surface area (Å²) in [5.74, 6) is -2.40. The van der Waals surface area contributed by atoms with Crippen LogP contribution in [-0.2, 0) is 65.4 Å². The lowest BCUT2D eigenvalue weighted by atomic mass is 10.1. The first kappa shape index (κ1) is 102. The number of aliphatic hydroxyl groups excluding tert-OH is 1. The van der Waals surface area contributed by atoms with E-state index < -0.39 is 97.5 Å². The SMILES string of the molecule is CC/C=C\C/C=C\C/C=C\C/C=C\C/C=C\CCCC(=O)OCC(COP(=O)(O)OCC(O)COP(=O)(O)OCC(COC(=O)CCCCCCCC/C=C\C/C=C\C/C=C\CCCCC)OC(=O)CCCC/C=C\C/C=C\C/C=C\C/C=C\CC)OC(=O)CCC/C=C\C/C=C\C/C=C\C/C=C\C/C=C\CC. The number of hydrogen-bond donors (Lipinski definition) is 3. The molecule has 0 fully saturated rings. The molecule has 5 unspecified atom stereocenters. The average molecular weight is 1540 g/mol. The van der Waals surface area contributed by atoms with Gasteiger partial charge in [-0.3, -0.25) is 37.3 Å². The van der Waals surface area contributed by atoms with Crippen LogP contribution in [0.3, 0.4) is 0 Å². The molecule has 0 aromatic rings. The number of esters is 4. The third-order valence-corrected chi connectivity index (χ3v) is 17.6. The highest BCUT2D eigenvalue weighted by molar-refractivity contribution is 7.47. The van der Waals surface area contributed by atoms with Crippen LogP contribution in [0.25, 0.3) is 0 Å². The van der Waals surface area contributed by atoms with Crippen molar-refractivity contribution in [2.24, 2.45) is 0 Å². The van der Waals surface area contributed by atoms with Crippen molar-refractivity contribution in [2.45, 2.75) is 290 Å². The molecule has 0 spiro atoms. The standard InChI is InChI=1S/C89H140O17P2/c1-5-9-13-17-21-25-29-33-37-40-41-44-47-50-54-58-62-66-70-74-87(92)100-79-84(105-88(93)75-71-67-63-59-55-51-45-36-32-28-24-20-16-12-8-4)81-103-107(95,96)101-77-83(90)78-102-108(97,98)104-82-85(106-89(94)76-72-68-64-60-56-52-48-43-39-35-31-27-23-19-15-11-7-3)80-99-86(91)73-69-65-61-57-53-49-46-42-38-34-30-26-22-18-14-10-6-2/h10-12,14-16,21-28,33-39,41,44-46,48-49,52,55,57,59-61,64,83-85,90H,5-9,13,17-20,29-32,40,42-43,47,50-51,53-54,56,58,62-63,65-82H2,1-4H3,(H,95,96)(H,97,98)/b14-10-,15-11-,16-12-,25-21-,26-22-,27-23-,28-24-,37-33-,38-34-,39-35-,44-41-,45-36-,49-46-,52-48-,59-55-,61-57-,64-60-. The molecule has 0 bridgehead atoms. The predicted octanol–water partition coefficient (Wildman–Crippen LogP) is 23.9. The Hall–Kier alpha value is -6.36. The van der Waals surface area contributed by atoms with E-state index in [1.165, 1.54) is 19.3 Å². The highest BCUT2D eigenvalue weighted by Gasteiger charge is 2.30. The Morgan fingerprint density at radius 1 is 0.269 bits per heavy atom. The third-order valence-electron chi connectivity index (χ3n) is 15.7. The summed E-state index contributed by atoms with van der Waals surface area (Å²) in [5, 5.41) is 10.6. The first-order chi connectivity index (χ1) is 52.7. The zero-order valence-corrected chi connectivity index (χ0v) is 68.2. The van der Waals surface area contributed by atoms with Gasteiger partial charge in [-0.15, -0.1) is 0 Å². The molecule has 0 rings (SSSR count). The summed E-state index contributed by atoms with van der Waals surface area (Å²) < 4.78 is 68.5. The van der Waals surface area contributed by atoms with Crippen LogP contribution in [0.5, 0.6) is 0 Å². The normalized spacial score (nSPS) is 14.9. The van der Waals surface area contributed by atoms with E-state index in [-0.39, 0.29) is 25.7 Å². The van der Waals surface area contributed by atoms with Gasteiger partial charge in [-0.2, -0.15) is 0 Å². The average Bonchev–Trinajstić information content (AvgIpc) is 0.901. The number of carbonyl (C=O) groups is 4. The minimum Gasteiger partial charge on any atom is -0.462 e. The molecule has 0 amide bonds. The van der Waals surface area contributed by atoms with Crippen molar-refractivity contribution in [3.63, 3.8) is 0 Å². The van der Waals surface area contributed by atoms with Crippen LogP contribution in [0.4, 0.5) is 0 Å². The van der Waals surface area contributed by atoms with Crippen LogP contribution in [-0.4, -0.2) is 96.7 Å². The van der Waals surface area contributed by atoms with Crippen molar-refractivity contribution in [3.8, 4) is 0 Å². The van der Waals surface area contributed by atoms with Gasteiger partial charge in [-0.25, -0.2) is 9.13 Å². The Labute approximate surface area is 652 Å². The number of phosphoric acid groups is 2. The molecule has 0 aromatic heterocycles. The number of hydrogen-bond acceptors (Lipinski definition) is 15. The fourth-order valence-corrected chi connectivity index (χ4v) is 11.3. The summed E-state index contributed by atoms with van der Waals surface area (Å²) in [5.41, 5.74) is 0. The van der Waals surface area contributed by atoms with E-state index in [9.17, 15) is 43.2 Å². The van der Waals surface area contributed by atoms with Crippen LogP contribution in [0.2, 0.25) is 0 Å². The van der Waals surface area contributed by atoms with E-state index in [1.54, 1.807) is 0 Å². The van der Waals surface area contributed by atoms with Gasteiger partial charge in [0.05, 0.1) is 26.4 Å². The van der Waals surface area contributed by atoms with Crippen molar-refractivity contribution < 1.29 is 80.2 Å². The topological polar surface area (TPSA) is 237 Å². The fraction of sp³-hybridized carbons (Fsp3) is 0.573. The zero-order valence-electron chi connectivity index (χ0n) is 66.4. The highest BCUT2D eigenvalue weighted by Crippen LogP contribution is 2.45. The predicted molar refractivity (Wildman–Crippen MR) is 445 cm³/mol. The van der Waals surface area contributed by atoms with Gasteiger partial charge in [0.15, 0.2) is 12.2 Å². The molecule has 5 atom stereocenters. The lowest BCUT2D eigenvalue weighted by molar-refractivity contribution is -0.161. The monoisotopic (exact) mass is 1540 g/mol. The summed E-state index contributed by atoms with van der Waals surface area (Å²) in [6.45, 7) is 4.28. The molecule has 0 aliphatic heterocycles. The molecule has 608 valence electrons. The molecule has 0 saturated heterocycles. The van der Waals surface area contributed by atoms with E-state index in [1.807, 2.05) is 24.3 Å². The van der Waals surface area contributed by atoms with E-state index in [2.05, 4.69) is 210 Å². The van der Waals surface area contributed by atoms with Crippen molar-refractivity contribution in [2.75, 3.05) is 39.6 Å². The molecule has 0 saturated carbocycles. The first-order valence-electron chi connectivity index (χ1n) is 40.3. The van der Waals surface area contributed by atoms with E-state index >= 15 is 0 Å². The van der Waals surface area contributed by atoms with Crippen LogP contribution in [0.15, 0.2) is 207 Å². The smallest absolute Gasteiger partial charge is 0.462 e. The summed E-state index contributed by atoms with van der Waals surface area (Å²) in [4.78, 5) is 73.1. The Morgan fingerprint density at radius 3 is 0.806 bits per heavy atom. The van der Waals surface area contributed by atoms with Gasteiger partial charge in [-0.05, 0) is 180 Å². The summed E-state index contributed by atoms with van der Waals surface area (Å²) >= 11 is 0. The minimum absolute atomic E-state index is 0.00600. The number of rotatable bonds is 73. The highest BCUT2D eigenvalue weighted by atomic mass is 31.2. The van der Waals surface area contributed by atoms with Crippen molar-refractivity contribution in [3.05, 3.63) is 207 Å². The molecule has 0 aliphatic rings. The maximum atomic E-state index is 13.1. The third kappa shape index (κ3) is 77.8. The minimum atomic E-state index is -5.02. The Bertz CT molecular complexity index is 2860. The van der Waals surface area contributed by atoms with Crippen molar-refractivity contribution >= 4 is 39.5 Å². The van der Waals surface area contributed by atoms with E-state index in [0.717, 1.165) is 154 Å². The molecular weight excluding hydrogens is 1400 g/mol. The van der Waals surface area contributed by atoms with Gasteiger partial charge in [0, 0.05) is 25.7 Å². The van der Waals surface area contributed by atoms with Gasteiger partial charge in [0.2, 0.25) is 0 Å². The van der Waals surface area contributed by atoms with Gasteiger partial charge in [-0.1, -0.05) is 273 Å². The largest absolute Gasteiger partial charge is 0.472 e. The lowest BCUT2D eigenvalue weighted by Gasteiger charge is -2.21. The molecular formula is C89H140O17P2. The van der Waals surface area contributed by atoms with Crippen LogP contribution >= 0.6 is 15.6 Å². The van der Waals surface area contributed by atoms with Crippen LogP contribution < -0.4 is 0 Å². The molecule has 19 heteroatoms. The molecule has 3 N–H and O–H groups in total. The number of unbranched alkanes of at least 4 members (excludes halogenated alkanes) is 13. The van der Waals surface area contributed by atoms with E-state index in [0.29, 0.717) is 44.9 Å². The molecule has 108 heavy (non-hydrogen) atoms. The molecule has 17 nitrogen and oxygen atoms in total. The van der Waals surface area contributed by atoms with Gasteiger partial charge >= 0.3 is 39.5 Å².